The normalized spacial score (nSPS) is 11.0. The van der Waals surface area contributed by atoms with Gasteiger partial charge in [0, 0.05) is 9.64 Å². The van der Waals surface area contributed by atoms with Crippen LogP contribution in [-0.4, -0.2) is 22.3 Å². The summed E-state index contributed by atoms with van der Waals surface area (Å²) in [5, 5.41) is 0. The predicted molar refractivity (Wildman–Crippen MR) is 108 cm³/mol. The smallest absolute Gasteiger partial charge is 0.339 e. The van der Waals surface area contributed by atoms with Crippen LogP contribution in [0.3, 0.4) is 0 Å². The minimum Gasteiger partial charge on any atom is -0.481 e. The number of hydrogen-bond donors (Lipinski definition) is 0. The molecule has 1 heterocycles. The molecule has 5 nitrogen and oxygen atoms in total. The van der Waals surface area contributed by atoms with E-state index < -0.39 is 5.97 Å². The first-order chi connectivity index (χ1) is 12.8. The minimum atomic E-state index is -0.464. The maximum atomic E-state index is 12.5. The number of thioether (sulfide) groups is 1. The summed E-state index contributed by atoms with van der Waals surface area (Å²) in [6.07, 6.45) is 0. The lowest BCUT2D eigenvalue weighted by atomic mass is 10.2. The van der Waals surface area contributed by atoms with E-state index in [1.54, 1.807) is 13.8 Å². The van der Waals surface area contributed by atoms with Crippen molar-refractivity contribution in [2.45, 2.75) is 50.9 Å². The molecule has 0 atom stereocenters. The average Bonchev–Trinajstić information content (AvgIpc) is 2.59. The first-order valence-electron chi connectivity index (χ1n) is 8.71. The molecule has 0 fully saturated rings. The van der Waals surface area contributed by atoms with E-state index in [1.807, 2.05) is 51.1 Å². The van der Waals surface area contributed by atoms with Crippen molar-refractivity contribution < 1.29 is 14.3 Å². The third-order valence-electron chi connectivity index (χ3n) is 3.49. The number of carbonyl (C=O) groups is 1. The fourth-order valence-corrected chi connectivity index (χ4v) is 3.59. The van der Waals surface area contributed by atoms with Crippen LogP contribution < -0.4 is 4.74 Å². The standard InChI is InChI=1S/C21H24N2O3S/c1-7-25-20(24)16-14(2)23-19(26-13-15-11-9-8-10-12-15)17(22-6)18(16)27-21(3,4)5/h8-12H,7,13H2,1-5H3. The molecule has 2 rings (SSSR count). The molecule has 1 aromatic carbocycles. The van der Waals surface area contributed by atoms with Crippen LogP contribution >= 0.6 is 11.8 Å². The second-order valence-corrected chi connectivity index (χ2v) is 8.71. The SMILES string of the molecule is [C-]#[N+]c1c(OCc2ccccc2)nc(C)c(C(=O)OCC)c1SC(C)(C)C. The maximum Gasteiger partial charge on any atom is 0.339 e. The molecule has 0 saturated carbocycles. The topological polar surface area (TPSA) is 52.8 Å². The van der Waals surface area contributed by atoms with E-state index in [1.165, 1.54) is 11.8 Å². The van der Waals surface area contributed by atoms with Gasteiger partial charge in [-0.25, -0.2) is 14.6 Å². The van der Waals surface area contributed by atoms with Crippen molar-refractivity contribution in [1.82, 2.24) is 4.98 Å². The number of nitrogens with zero attached hydrogens (tertiary/aromatic N) is 2. The van der Waals surface area contributed by atoms with Crippen LogP contribution in [0.25, 0.3) is 4.85 Å². The summed E-state index contributed by atoms with van der Waals surface area (Å²) in [5.74, 6) is -0.222. The van der Waals surface area contributed by atoms with Gasteiger partial charge in [0.2, 0.25) is 5.88 Å². The molecule has 0 aliphatic carbocycles. The largest absolute Gasteiger partial charge is 0.481 e. The van der Waals surface area contributed by atoms with Crippen molar-refractivity contribution in [1.29, 1.82) is 0 Å². The van der Waals surface area contributed by atoms with Gasteiger partial charge in [0.05, 0.1) is 24.4 Å². The maximum absolute atomic E-state index is 12.5. The second-order valence-electron chi connectivity index (χ2n) is 6.88. The van der Waals surface area contributed by atoms with Crippen LogP contribution in [0.15, 0.2) is 35.2 Å². The summed E-state index contributed by atoms with van der Waals surface area (Å²) < 4.78 is 10.8. The summed E-state index contributed by atoms with van der Waals surface area (Å²) in [6.45, 7) is 17.8. The lowest BCUT2D eigenvalue weighted by Crippen LogP contribution is -2.14. The van der Waals surface area contributed by atoms with Crippen LogP contribution in [0, 0.1) is 13.5 Å². The molecule has 27 heavy (non-hydrogen) atoms. The number of pyridine rings is 1. The van der Waals surface area contributed by atoms with Crippen LogP contribution in [0.5, 0.6) is 5.88 Å². The second kappa shape index (κ2) is 8.92. The Morgan fingerprint density at radius 2 is 1.93 bits per heavy atom. The van der Waals surface area contributed by atoms with Crippen molar-refractivity contribution in [2.24, 2.45) is 0 Å². The van der Waals surface area contributed by atoms with Crippen molar-refractivity contribution in [3.8, 4) is 5.88 Å². The van der Waals surface area contributed by atoms with Gasteiger partial charge in [-0.1, -0.05) is 51.1 Å². The van der Waals surface area contributed by atoms with E-state index in [0.29, 0.717) is 22.8 Å². The summed E-state index contributed by atoms with van der Waals surface area (Å²) in [7, 11) is 0. The van der Waals surface area contributed by atoms with Gasteiger partial charge >= 0.3 is 5.97 Å². The third kappa shape index (κ3) is 5.48. The van der Waals surface area contributed by atoms with Crippen LogP contribution in [0.4, 0.5) is 5.69 Å². The lowest BCUT2D eigenvalue weighted by molar-refractivity contribution is 0.0520. The first-order valence-corrected chi connectivity index (χ1v) is 9.53. The fraction of sp³-hybridized carbons (Fsp3) is 0.381. The van der Waals surface area contributed by atoms with E-state index in [4.69, 9.17) is 16.0 Å². The Morgan fingerprint density at radius 1 is 1.26 bits per heavy atom. The number of esters is 1. The van der Waals surface area contributed by atoms with Gasteiger partial charge in [-0.2, -0.15) is 0 Å². The number of rotatable bonds is 6. The Hall–Kier alpha value is -2.52. The van der Waals surface area contributed by atoms with Crippen molar-refractivity contribution in [3.63, 3.8) is 0 Å². The van der Waals surface area contributed by atoms with Gasteiger partial charge in [0.1, 0.15) is 6.61 Å². The number of hydrogen-bond acceptors (Lipinski definition) is 5. The van der Waals surface area contributed by atoms with E-state index in [0.717, 1.165) is 5.56 Å². The number of carbonyl (C=O) groups excluding carboxylic acids is 1. The van der Waals surface area contributed by atoms with Gasteiger partial charge < -0.3 is 9.47 Å². The summed E-state index contributed by atoms with van der Waals surface area (Å²) in [5.41, 5.74) is 2.07. The fourth-order valence-electron chi connectivity index (χ4n) is 2.42. The molecule has 0 unspecified atom stereocenters. The van der Waals surface area contributed by atoms with E-state index in [-0.39, 0.29) is 22.9 Å². The number of aryl methyl sites for hydroxylation is 1. The molecule has 142 valence electrons. The zero-order valence-electron chi connectivity index (χ0n) is 16.3. The van der Waals surface area contributed by atoms with Gasteiger partial charge in [-0.05, 0) is 19.4 Å². The van der Waals surface area contributed by atoms with Gasteiger partial charge in [0.15, 0.2) is 0 Å². The van der Waals surface area contributed by atoms with Crippen molar-refractivity contribution in [2.75, 3.05) is 6.61 Å². The van der Waals surface area contributed by atoms with E-state index >= 15 is 0 Å². The molecule has 0 aliphatic heterocycles. The molecule has 1 aromatic heterocycles. The number of ether oxygens (including phenoxy) is 2. The zero-order valence-corrected chi connectivity index (χ0v) is 17.1. The molecule has 2 aromatic rings. The number of aromatic nitrogens is 1. The highest BCUT2D eigenvalue weighted by Gasteiger charge is 2.28. The average molecular weight is 385 g/mol. The Morgan fingerprint density at radius 3 is 2.48 bits per heavy atom. The molecule has 0 saturated heterocycles. The van der Waals surface area contributed by atoms with Crippen molar-refractivity contribution >= 4 is 23.4 Å². The highest BCUT2D eigenvalue weighted by molar-refractivity contribution is 8.00. The van der Waals surface area contributed by atoms with Crippen LogP contribution in [0.1, 0.15) is 49.3 Å². The van der Waals surface area contributed by atoms with E-state index in [9.17, 15) is 4.79 Å². The Kier molecular flexibility index (Phi) is 6.86. The number of benzene rings is 1. The predicted octanol–water partition coefficient (Wildman–Crippen LogP) is 5.59. The molecule has 0 bridgehead atoms. The van der Waals surface area contributed by atoms with E-state index in [2.05, 4.69) is 9.83 Å². The summed E-state index contributed by atoms with van der Waals surface area (Å²) >= 11 is 1.45. The van der Waals surface area contributed by atoms with Crippen LogP contribution in [-0.2, 0) is 11.3 Å². The zero-order chi connectivity index (χ0) is 20.0. The van der Waals surface area contributed by atoms with Crippen molar-refractivity contribution in [3.05, 3.63) is 58.6 Å². The Balaban J connectivity index is 2.52. The molecule has 0 radical (unpaired) electrons. The molecule has 0 aliphatic rings. The third-order valence-corrected chi connectivity index (χ3v) is 4.71. The van der Waals surface area contributed by atoms with Gasteiger partial charge in [-0.3, -0.25) is 0 Å². The molecular formula is C21H24N2O3S. The molecule has 0 amide bonds. The minimum absolute atomic E-state index is 0.203. The Labute approximate surface area is 164 Å². The quantitative estimate of drug-likeness (QED) is 0.369. The molecule has 6 heteroatoms. The lowest BCUT2D eigenvalue weighted by Gasteiger charge is -2.22. The van der Waals surface area contributed by atoms with Gasteiger partial charge in [0.25, 0.3) is 5.69 Å². The highest BCUT2D eigenvalue weighted by atomic mass is 32.2. The molecular weight excluding hydrogens is 360 g/mol. The summed E-state index contributed by atoms with van der Waals surface area (Å²) in [6, 6.07) is 9.68. The van der Waals surface area contributed by atoms with Crippen LogP contribution in [0.2, 0.25) is 0 Å². The summed E-state index contributed by atoms with van der Waals surface area (Å²) in [4.78, 5) is 21.1. The molecule has 0 N–H and O–H groups in total. The monoisotopic (exact) mass is 384 g/mol. The molecule has 0 spiro atoms. The highest BCUT2D eigenvalue weighted by Crippen LogP contribution is 2.45. The van der Waals surface area contributed by atoms with Gasteiger partial charge in [-0.15, -0.1) is 11.8 Å². The Bertz CT molecular complexity index is 852. The first kappa shape index (κ1) is 20.8.